The maximum absolute atomic E-state index is 12.3. The third-order valence-electron chi connectivity index (χ3n) is 4.12. The quantitative estimate of drug-likeness (QED) is 0.823. The number of rotatable bonds is 5. The standard InChI is InChI=1S/C17H23N3O2/c1-19(2)17(21)16-11-20(10-15(16)12-22-3)9-14-6-4-5-13(7-14)8-18/h4-7,15-16H,9-12H2,1-3H3/t15-,16+/m0/s1. The first kappa shape index (κ1) is 16.5. The van der Waals surface area contributed by atoms with Crippen LogP contribution in [-0.4, -0.2) is 56.6 Å². The second kappa shape index (κ2) is 7.39. The number of amides is 1. The average Bonchev–Trinajstić information content (AvgIpc) is 2.89. The van der Waals surface area contributed by atoms with Crippen LogP contribution in [0.5, 0.6) is 0 Å². The van der Waals surface area contributed by atoms with Gasteiger partial charge in [0, 0.05) is 46.8 Å². The Kier molecular flexibility index (Phi) is 5.53. The number of hydrogen-bond acceptors (Lipinski definition) is 4. The molecular weight excluding hydrogens is 278 g/mol. The Labute approximate surface area is 132 Å². The van der Waals surface area contributed by atoms with E-state index in [1.165, 1.54) is 0 Å². The first-order valence-electron chi connectivity index (χ1n) is 7.46. The molecule has 1 saturated heterocycles. The molecule has 5 nitrogen and oxygen atoms in total. The summed E-state index contributed by atoms with van der Waals surface area (Å²) in [6.45, 7) is 2.93. The fourth-order valence-corrected chi connectivity index (χ4v) is 3.08. The highest BCUT2D eigenvalue weighted by Gasteiger charge is 2.38. The van der Waals surface area contributed by atoms with Crippen molar-refractivity contribution in [3.63, 3.8) is 0 Å². The summed E-state index contributed by atoms with van der Waals surface area (Å²) in [5.41, 5.74) is 1.78. The Hall–Kier alpha value is -1.90. The van der Waals surface area contributed by atoms with Gasteiger partial charge in [0.15, 0.2) is 0 Å². The van der Waals surface area contributed by atoms with Gasteiger partial charge in [-0.1, -0.05) is 12.1 Å². The monoisotopic (exact) mass is 301 g/mol. The summed E-state index contributed by atoms with van der Waals surface area (Å²) in [6, 6.07) is 9.80. The molecule has 0 saturated carbocycles. The van der Waals surface area contributed by atoms with Crippen LogP contribution in [-0.2, 0) is 16.1 Å². The molecule has 0 unspecified atom stereocenters. The van der Waals surface area contributed by atoms with Gasteiger partial charge in [0.1, 0.15) is 0 Å². The lowest BCUT2D eigenvalue weighted by molar-refractivity contribution is -0.134. The SMILES string of the molecule is COC[C@@H]1CN(Cc2cccc(C#N)c2)C[C@H]1C(=O)N(C)C. The van der Waals surface area contributed by atoms with Gasteiger partial charge in [-0.2, -0.15) is 5.26 Å². The van der Waals surface area contributed by atoms with Crippen molar-refractivity contribution in [1.82, 2.24) is 9.80 Å². The predicted octanol–water partition coefficient (Wildman–Crippen LogP) is 1.34. The van der Waals surface area contributed by atoms with Gasteiger partial charge in [-0.3, -0.25) is 9.69 Å². The zero-order valence-corrected chi connectivity index (χ0v) is 13.5. The van der Waals surface area contributed by atoms with Crippen LogP contribution in [0.4, 0.5) is 0 Å². The van der Waals surface area contributed by atoms with E-state index in [0.717, 1.165) is 25.2 Å². The van der Waals surface area contributed by atoms with Crippen molar-refractivity contribution in [2.75, 3.05) is 40.9 Å². The fourth-order valence-electron chi connectivity index (χ4n) is 3.08. The molecule has 1 heterocycles. The lowest BCUT2D eigenvalue weighted by Gasteiger charge is -2.20. The zero-order chi connectivity index (χ0) is 16.1. The van der Waals surface area contributed by atoms with Crippen LogP contribution in [0.15, 0.2) is 24.3 Å². The summed E-state index contributed by atoms with van der Waals surface area (Å²) in [6.07, 6.45) is 0. The smallest absolute Gasteiger partial charge is 0.226 e. The van der Waals surface area contributed by atoms with Gasteiger partial charge in [-0.15, -0.1) is 0 Å². The third kappa shape index (κ3) is 3.85. The van der Waals surface area contributed by atoms with Crippen LogP contribution in [0.3, 0.4) is 0 Å². The normalized spacial score (nSPS) is 21.5. The number of likely N-dealkylation sites (tertiary alicyclic amines) is 1. The van der Waals surface area contributed by atoms with Crippen LogP contribution < -0.4 is 0 Å². The third-order valence-corrected chi connectivity index (χ3v) is 4.12. The molecule has 2 atom stereocenters. The molecule has 0 bridgehead atoms. The number of methoxy groups -OCH3 is 1. The van der Waals surface area contributed by atoms with Gasteiger partial charge in [-0.05, 0) is 17.7 Å². The average molecular weight is 301 g/mol. The minimum atomic E-state index is -0.0194. The summed E-state index contributed by atoms with van der Waals surface area (Å²) < 4.78 is 5.28. The van der Waals surface area contributed by atoms with Crippen molar-refractivity contribution >= 4 is 5.91 Å². The first-order valence-corrected chi connectivity index (χ1v) is 7.46. The lowest BCUT2D eigenvalue weighted by atomic mass is 9.96. The molecule has 1 fully saturated rings. The van der Waals surface area contributed by atoms with Crippen molar-refractivity contribution in [2.24, 2.45) is 11.8 Å². The van der Waals surface area contributed by atoms with Crippen LogP contribution in [0.1, 0.15) is 11.1 Å². The van der Waals surface area contributed by atoms with E-state index in [1.807, 2.05) is 18.2 Å². The van der Waals surface area contributed by atoms with E-state index in [4.69, 9.17) is 10.00 Å². The second-order valence-electron chi connectivity index (χ2n) is 6.06. The summed E-state index contributed by atoms with van der Waals surface area (Å²) >= 11 is 0. The predicted molar refractivity (Wildman–Crippen MR) is 84.0 cm³/mol. The van der Waals surface area contributed by atoms with E-state index in [2.05, 4.69) is 11.0 Å². The van der Waals surface area contributed by atoms with Crippen molar-refractivity contribution in [3.8, 4) is 6.07 Å². The Morgan fingerprint density at radius 1 is 1.45 bits per heavy atom. The number of carbonyl (C=O) groups is 1. The molecule has 5 heteroatoms. The number of nitriles is 1. The Bertz CT molecular complexity index is 565. The molecule has 0 radical (unpaired) electrons. The largest absolute Gasteiger partial charge is 0.384 e. The fraction of sp³-hybridized carbons (Fsp3) is 0.529. The highest BCUT2D eigenvalue weighted by molar-refractivity contribution is 5.79. The zero-order valence-electron chi connectivity index (χ0n) is 13.5. The highest BCUT2D eigenvalue weighted by Crippen LogP contribution is 2.26. The molecular formula is C17H23N3O2. The number of nitrogens with zero attached hydrogens (tertiary/aromatic N) is 3. The topological polar surface area (TPSA) is 56.6 Å². The summed E-state index contributed by atoms with van der Waals surface area (Å²) in [5.74, 6) is 0.364. The molecule has 0 N–H and O–H groups in total. The van der Waals surface area contributed by atoms with Gasteiger partial charge in [0.05, 0.1) is 24.2 Å². The highest BCUT2D eigenvalue weighted by atomic mass is 16.5. The van der Waals surface area contributed by atoms with Gasteiger partial charge in [0.2, 0.25) is 5.91 Å². The van der Waals surface area contributed by atoms with E-state index in [9.17, 15) is 4.79 Å². The second-order valence-corrected chi connectivity index (χ2v) is 6.06. The molecule has 22 heavy (non-hydrogen) atoms. The molecule has 1 aromatic rings. The molecule has 2 rings (SSSR count). The maximum Gasteiger partial charge on any atom is 0.226 e. The summed E-state index contributed by atoms with van der Waals surface area (Å²) in [5, 5.41) is 8.98. The Balaban J connectivity index is 2.07. The van der Waals surface area contributed by atoms with E-state index < -0.39 is 0 Å². The van der Waals surface area contributed by atoms with Crippen molar-refractivity contribution in [1.29, 1.82) is 5.26 Å². The minimum absolute atomic E-state index is 0.0194. The number of ether oxygens (including phenoxy) is 1. The molecule has 0 aromatic heterocycles. The van der Waals surface area contributed by atoms with Crippen molar-refractivity contribution < 1.29 is 9.53 Å². The van der Waals surface area contributed by atoms with E-state index in [0.29, 0.717) is 12.2 Å². The van der Waals surface area contributed by atoms with Crippen molar-refractivity contribution in [2.45, 2.75) is 6.54 Å². The minimum Gasteiger partial charge on any atom is -0.384 e. The molecule has 118 valence electrons. The van der Waals surface area contributed by atoms with Crippen LogP contribution >= 0.6 is 0 Å². The van der Waals surface area contributed by atoms with Gasteiger partial charge >= 0.3 is 0 Å². The van der Waals surface area contributed by atoms with Gasteiger partial charge < -0.3 is 9.64 Å². The molecule has 0 aliphatic carbocycles. The molecule has 1 aromatic carbocycles. The van der Waals surface area contributed by atoms with Crippen molar-refractivity contribution in [3.05, 3.63) is 35.4 Å². The van der Waals surface area contributed by atoms with E-state index >= 15 is 0 Å². The Morgan fingerprint density at radius 3 is 2.86 bits per heavy atom. The Morgan fingerprint density at radius 2 is 2.23 bits per heavy atom. The van der Waals surface area contributed by atoms with E-state index in [1.54, 1.807) is 32.2 Å². The first-order chi connectivity index (χ1) is 10.5. The van der Waals surface area contributed by atoms with E-state index in [-0.39, 0.29) is 17.7 Å². The van der Waals surface area contributed by atoms with Crippen LogP contribution in [0, 0.1) is 23.2 Å². The molecule has 1 amide bonds. The maximum atomic E-state index is 12.3. The van der Waals surface area contributed by atoms with Gasteiger partial charge in [-0.25, -0.2) is 0 Å². The lowest BCUT2D eigenvalue weighted by Crippen LogP contribution is -2.35. The van der Waals surface area contributed by atoms with Crippen LogP contribution in [0.2, 0.25) is 0 Å². The van der Waals surface area contributed by atoms with Gasteiger partial charge in [0.25, 0.3) is 0 Å². The molecule has 1 aliphatic rings. The number of carbonyl (C=O) groups excluding carboxylic acids is 1. The number of benzene rings is 1. The molecule has 0 spiro atoms. The van der Waals surface area contributed by atoms with Crippen LogP contribution in [0.25, 0.3) is 0 Å². The summed E-state index contributed by atoms with van der Waals surface area (Å²) in [4.78, 5) is 16.3. The summed E-state index contributed by atoms with van der Waals surface area (Å²) in [7, 11) is 5.27. The number of hydrogen-bond donors (Lipinski definition) is 0. The molecule has 1 aliphatic heterocycles.